The van der Waals surface area contributed by atoms with Gasteiger partial charge in [0.05, 0.1) is 6.61 Å². The minimum absolute atomic E-state index is 0.266. The molecule has 1 aromatic rings. The Morgan fingerprint density at radius 3 is 2.47 bits per heavy atom. The van der Waals surface area contributed by atoms with Gasteiger partial charge in [-0.25, -0.2) is 0 Å². The summed E-state index contributed by atoms with van der Waals surface area (Å²) in [6.07, 6.45) is 0. The van der Waals surface area contributed by atoms with E-state index in [2.05, 4.69) is 15.9 Å². The Labute approximate surface area is 123 Å². The van der Waals surface area contributed by atoms with Crippen molar-refractivity contribution in [1.29, 1.82) is 5.41 Å². The summed E-state index contributed by atoms with van der Waals surface area (Å²) in [7, 11) is 0. The number of hydrogen-bond acceptors (Lipinski definition) is 3. The number of benzene rings is 1. The van der Waals surface area contributed by atoms with E-state index in [0.29, 0.717) is 12.3 Å². The molecule has 19 heavy (non-hydrogen) atoms. The molecule has 0 aliphatic heterocycles. The maximum absolute atomic E-state index is 11.8. The highest BCUT2D eigenvalue weighted by Crippen LogP contribution is 2.31. The van der Waals surface area contributed by atoms with E-state index in [1.54, 1.807) is 6.92 Å². The first kappa shape index (κ1) is 15.9. The molecule has 0 aliphatic carbocycles. The number of ether oxygens (including phenoxy) is 1. The maximum Gasteiger partial charge on any atom is 0.324 e. The highest BCUT2D eigenvalue weighted by atomic mass is 79.9. The summed E-state index contributed by atoms with van der Waals surface area (Å²) in [5.41, 5.74) is 1.81. The standard InChI is InChI=1S/C15H20BrNO2/c1-5-19-14(18)12(16)10-8-6-7-9-11(10)13(17)15(2,3)4/h6-9,12,17H,5H2,1-4H3. The summed E-state index contributed by atoms with van der Waals surface area (Å²) >= 11 is 3.37. The van der Waals surface area contributed by atoms with E-state index < -0.39 is 4.83 Å². The monoisotopic (exact) mass is 325 g/mol. The van der Waals surface area contributed by atoms with Crippen LogP contribution in [0.4, 0.5) is 0 Å². The molecule has 1 aromatic carbocycles. The Balaban J connectivity index is 3.16. The first-order valence-electron chi connectivity index (χ1n) is 6.28. The molecule has 0 radical (unpaired) electrons. The Morgan fingerprint density at radius 2 is 1.95 bits per heavy atom. The van der Waals surface area contributed by atoms with Gasteiger partial charge in [0.15, 0.2) is 0 Å². The molecule has 1 atom stereocenters. The van der Waals surface area contributed by atoms with Crippen molar-refractivity contribution in [3.05, 3.63) is 35.4 Å². The van der Waals surface area contributed by atoms with Gasteiger partial charge in [-0.05, 0) is 12.5 Å². The molecule has 1 unspecified atom stereocenters. The first-order valence-corrected chi connectivity index (χ1v) is 7.19. The van der Waals surface area contributed by atoms with Gasteiger partial charge in [0.25, 0.3) is 0 Å². The van der Waals surface area contributed by atoms with E-state index in [9.17, 15) is 4.79 Å². The van der Waals surface area contributed by atoms with Crippen molar-refractivity contribution in [2.24, 2.45) is 5.41 Å². The van der Waals surface area contributed by atoms with Crippen molar-refractivity contribution in [2.75, 3.05) is 6.61 Å². The van der Waals surface area contributed by atoms with Crippen LogP contribution in [0.15, 0.2) is 24.3 Å². The third-order valence-electron chi connectivity index (χ3n) is 2.75. The van der Waals surface area contributed by atoms with Gasteiger partial charge in [0, 0.05) is 16.7 Å². The van der Waals surface area contributed by atoms with Crippen molar-refractivity contribution in [3.8, 4) is 0 Å². The summed E-state index contributed by atoms with van der Waals surface area (Å²) in [6, 6.07) is 7.47. The van der Waals surface area contributed by atoms with Gasteiger partial charge in [-0.15, -0.1) is 0 Å². The van der Waals surface area contributed by atoms with Gasteiger partial charge < -0.3 is 10.1 Å². The summed E-state index contributed by atoms with van der Waals surface area (Å²) in [6.45, 7) is 8.08. The summed E-state index contributed by atoms with van der Waals surface area (Å²) < 4.78 is 5.02. The zero-order valence-electron chi connectivity index (χ0n) is 11.8. The molecule has 0 fully saturated rings. The Bertz CT molecular complexity index is 477. The number of alkyl halides is 1. The van der Waals surface area contributed by atoms with Crippen LogP contribution in [-0.4, -0.2) is 18.3 Å². The molecule has 0 aromatic heterocycles. The number of carbonyl (C=O) groups is 1. The summed E-state index contributed by atoms with van der Waals surface area (Å²) in [5, 5.41) is 8.29. The van der Waals surface area contributed by atoms with Crippen LogP contribution in [-0.2, 0) is 9.53 Å². The number of rotatable bonds is 4. The molecule has 1 N–H and O–H groups in total. The molecule has 0 spiro atoms. The highest BCUT2D eigenvalue weighted by Gasteiger charge is 2.26. The van der Waals surface area contributed by atoms with Crippen LogP contribution in [0.2, 0.25) is 0 Å². The van der Waals surface area contributed by atoms with Crippen LogP contribution in [0.3, 0.4) is 0 Å². The molecule has 0 bridgehead atoms. The van der Waals surface area contributed by atoms with E-state index in [0.717, 1.165) is 11.1 Å². The zero-order chi connectivity index (χ0) is 14.6. The molecular weight excluding hydrogens is 306 g/mol. The number of carbonyl (C=O) groups excluding carboxylic acids is 1. The van der Waals surface area contributed by atoms with Crippen molar-refractivity contribution >= 4 is 27.6 Å². The molecule has 0 saturated carbocycles. The largest absolute Gasteiger partial charge is 0.465 e. The Hall–Kier alpha value is -1.16. The number of hydrogen-bond donors (Lipinski definition) is 1. The smallest absolute Gasteiger partial charge is 0.324 e. The SMILES string of the molecule is CCOC(=O)C(Br)c1ccccc1C(=N)C(C)(C)C. The lowest BCUT2D eigenvalue weighted by Crippen LogP contribution is -2.23. The van der Waals surface area contributed by atoms with Crippen LogP contribution in [0.1, 0.15) is 43.6 Å². The first-order chi connectivity index (χ1) is 8.79. The third kappa shape index (κ3) is 3.90. The second-order valence-corrected chi connectivity index (χ2v) is 6.24. The van der Waals surface area contributed by atoms with Gasteiger partial charge in [-0.3, -0.25) is 4.79 Å². The van der Waals surface area contributed by atoms with Crippen LogP contribution >= 0.6 is 15.9 Å². The van der Waals surface area contributed by atoms with E-state index in [1.165, 1.54) is 0 Å². The van der Waals surface area contributed by atoms with Gasteiger partial charge in [0.2, 0.25) is 0 Å². The maximum atomic E-state index is 11.8. The lowest BCUT2D eigenvalue weighted by molar-refractivity contribution is -0.142. The number of nitrogens with one attached hydrogen (secondary N) is 1. The summed E-state index contributed by atoms with van der Waals surface area (Å²) in [4.78, 5) is 11.3. The predicted molar refractivity (Wildman–Crippen MR) is 81.0 cm³/mol. The molecule has 104 valence electrons. The molecule has 0 amide bonds. The van der Waals surface area contributed by atoms with Crippen molar-refractivity contribution in [3.63, 3.8) is 0 Å². The lowest BCUT2D eigenvalue weighted by Gasteiger charge is -2.23. The third-order valence-corrected chi connectivity index (χ3v) is 3.61. The van der Waals surface area contributed by atoms with E-state index in [1.807, 2.05) is 45.0 Å². The van der Waals surface area contributed by atoms with Crippen molar-refractivity contribution in [2.45, 2.75) is 32.5 Å². The van der Waals surface area contributed by atoms with E-state index >= 15 is 0 Å². The Morgan fingerprint density at radius 1 is 1.37 bits per heavy atom. The van der Waals surface area contributed by atoms with Crippen LogP contribution in [0, 0.1) is 10.8 Å². The van der Waals surface area contributed by atoms with E-state index in [-0.39, 0.29) is 11.4 Å². The predicted octanol–water partition coefficient (Wildman–Crippen LogP) is 4.10. The van der Waals surface area contributed by atoms with Crippen molar-refractivity contribution < 1.29 is 9.53 Å². The molecular formula is C15H20BrNO2. The molecule has 4 heteroatoms. The fourth-order valence-corrected chi connectivity index (χ4v) is 2.22. The van der Waals surface area contributed by atoms with Crippen molar-refractivity contribution in [1.82, 2.24) is 0 Å². The molecule has 1 rings (SSSR count). The topological polar surface area (TPSA) is 50.2 Å². The fourth-order valence-electron chi connectivity index (χ4n) is 1.69. The van der Waals surface area contributed by atoms with Gasteiger partial charge in [0.1, 0.15) is 4.83 Å². The van der Waals surface area contributed by atoms with Crippen LogP contribution in [0.25, 0.3) is 0 Å². The quantitative estimate of drug-likeness (QED) is 0.514. The average molecular weight is 326 g/mol. The molecule has 0 saturated heterocycles. The Kier molecular flexibility index (Phi) is 5.29. The second kappa shape index (κ2) is 6.33. The second-order valence-electron chi connectivity index (χ2n) is 5.33. The lowest BCUT2D eigenvalue weighted by atomic mass is 9.83. The minimum atomic E-state index is -0.536. The van der Waals surface area contributed by atoms with Gasteiger partial charge in [-0.2, -0.15) is 0 Å². The van der Waals surface area contributed by atoms with Crippen LogP contribution in [0.5, 0.6) is 0 Å². The molecule has 0 heterocycles. The molecule has 3 nitrogen and oxygen atoms in total. The zero-order valence-corrected chi connectivity index (χ0v) is 13.4. The van der Waals surface area contributed by atoms with Crippen LogP contribution < -0.4 is 0 Å². The van der Waals surface area contributed by atoms with Gasteiger partial charge in [-0.1, -0.05) is 61.0 Å². The van der Waals surface area contributed by atoms with E-state index in [4.69, 9.17) is 10.1 Å². The average Bonchev–Trinajstić information content (AvgIpc) is 2.36. The highest BCUT2D eigenvalue weighted by molar-refractivity contribution is 9.09. The normalized spacial score (nSPS) is 12.9. The summed E-state index contributed by atoms with van der Waals surface area (Å²) in [5.74, 6) is -0.323. The van der Waals surface area contributed by atoms with Gasteiger partial charge >= 0.3 is 5.97 Å². The number of halogens is 1. The minimum Gasteiger partial charge on any atom is -0.465 e. The fraction of sp³-hybridized carbons (Fsp3) is 0.467. The number of esters is 1. The molecule has 0 aliphatic rings.